The number of hydrogen-bond acceptors (Lipinski definition) is 3. The summed E-state index contributed by atoms with van der Waals surface area (Å²) in [6.45, 7) is 3.48. The lowest BCUT2D eigenvalue weighted by Gasteiger charge is -2.12. The van der Waals surface area contributed by atoms with Gasteiger partial charge in [-0.2, -0.15) is 18.2 Å². The number of H-pyrrole nitrogens is 1. The first-order valence-electron chi connectivity index (χ1n) is 6.06. The molecule has 0 radical (unpaired) electrons. The first-order chi connectivity index (χ1) is 9.72. The van der Waals surface area contributed by atoms with Gasteiger partial charge in [0.2, 0.25) is 0 Å². The average Bonchev–Trinajstić information content (AvgIpc) is 2.39. The van der Waals surface area contributed by atoms with Gasteiger partial charge in [-0.25, -0.2) is 4.79 Å². The van der Waals surface area contributed by atoms with E-state index in [9.17, 15) is 18.0 Å². The highest BCUT2D eigenvalue weighted by molar-refractivity contribution is 5.66. The molecule has 0 aliphatic heterocycles. The zero-order valence-corrected chi connectivity index (χ0v) is 11.6. The maximum absolute atomic E-state index is 12.7. The number of aryl methyl sites for hydroxylation is 2. The summed E-state index contributed by atoms with van der Waals surface area (Å²) in [5.41, 5.74) is -0.297. The van der Waals surface area contributed by atoms with Crippen molar-refractivity contribution in [1.29, 1.82) is 0 Å². The normalized spacial score (nSPS) is 11.5. The molecule has 0 bridgehead atoms. The highest BCUT2D eigenvalue weighted by Crippen LogP contribution is 2.32. The second-order valence-electron chi connectivity index (χ2n) is 4.62. The number of alkyl halides is 3. The fourth-order valence-corrected chi connectivity index (χ4v) is 2.03. The Bertz CT molecular complexity index is 736. The van der Waals surface area contributed by atoms with E-state index in [4.69, 9.17) is 4.74 Å². The van der Waals surface area contributed by atoms with E-state index in [-0.39, 0.29) is 5.69 Å². The number of benzene rings is 1. The number of aromatic nitrogens is 2. The lowest BCUT2D eigenvalue weighted by atomic mass is 10.0. The first-order valence-corrected chi connectivity index (χ1v) is 6.06. The Morgan fingerprint density at radius 1 is 1.14 bits per heavy atom. The molecular formula is C14H13F3N2O2. The van der Waals surface area contributed by atoms with Gasteiger partial charge in [-0.3, -0.25) is 0 Å². The van der Waals surface area contributed by atoms with Crippen LogP contribution in [0.1, 0.15) is 16.8 Å². The van der Waals surface area contributed by atoms with E-state index in [1.54, 1.807) is 31.0 Å². The number of halogens is 3. The summed E-state index contributed by atoms with van der Waals surface area (Å²) >= 11 is 0. The number of nitrogens with one attached hydrogen (secondary N) is 1. The topological polar surface area (TPSA) is 55.0 Å². The zero-order chi connectivity index (χ0) is 15.8. The Hall–Kier alpha value is -2.31. The molecule has 0 unspecified atom stereocenters. The van der Waals surface area contributed by atoms with Crippen molar-refractivity contribution >= 4 is 0 Å². The van der Waals surface area contributed by atoms with E-state index in [2.05, 4.69) is 4.98 Å². The monoisotopic (exact) mass is 298 g/mol. The van der Waals surface area contributed by atoms with Crippen molar-refractivity contribution in [2.45, 2.75) is 20.0 Å². The van der Waals surface area contributed by atoms with Gasteiger partial charge in [-0.05, 0) is 43.2 Å². The van der Waals surface area contributed by atoms with Crippen LogP contribution in [0.25, 0.3) is 11.3 Å². The molecule has 0 amide bonds. The molecule has 112 valence electrons. The van der Waals surface area contributed by atoms with Crippen molar-refractivity contribution in [3.8, 4) is 17.0 Å². The van der Waals surface area contributed by atoms with E-state index in [0.717, 1.165) is 11.6 Å². The van der Waals surface area contributed by atoms with E-state index < -0.39 is 17.6 Å². The van der Waals surface area contributed by atoms with Crippen molar-refractivity contribution < 1.29 is 17.9 Å². The van der Waals surface area contributed by atoms with E-state index in [1.165, 1.54) is 7.11 Å². The number of rotatable bonds is 2. The molecule has 0 saturated heterocycles. The third kappa shape index (κ3) is 3.07. The summed E-state index contributed by atoms with van der Waals surface area (Å²) in [5, 5.41) is 0. The van der Waals surface area contributed by atoms with Crippen molar-refractivity contribution in [2.75, 3.05) is 7.11 Å². The smallest absolute Gasteiger partial charge is 0.431 e. The minimum absolute atomic E-state index is 0.0191. The van der Waals surface area contributed by atoms with E-state index in [1.807, 2.05) is 0 Å². The molecule has 21 heavy (non-hydrogen) atoms. The lowest BCUT2D eigenvalue weighted by Crippen LogP contribution is -2.19. The zero-order valence-electron chi connectivity index (χ0n) is 11.6. The molecule has 7 heteroatoms. The molecule has 0 saturated carbocycles. The van der Waals surface area contributed by atoms with Crippen LogP contribution >= 0.6 is 0 Å². The van der Waals surface area contributed by atoms with Gasteiger partial charge in [0.05, 0.1) is 12.8 Å². The molecule has 2 rings (SSSR count). The summed E-state index contributed by atoms with van der Waals surface area (Å²) in [7, 11) is 1.51. The third-order valence-electron chi connectivity index (χ3n) is 3.07. The molecule has 1 aromatic carbocycles. The molecule has 1 aromatic heterocycles. The number of aromatic amines is 1. The van der Waals surface area contributed by atoms with Gasteiger partial charge in [0.1, 0.15) is 11.4 Å². The quantitative estimate of drug-likeness (QED) is 0.927. The van der Waals surface area contributed by atoms with Crippen LogP contribution in [0.5, 0.6) is 5.75 Å². The number of hydrogen-bond donors (Lipinski definition) is 1. The maximum Gasteiger partial charge on any atom is 0.431 e. The Morgan fingerprint density at radius 2 is 1.81 bits per heavy atom. The number of methoxy groups -OCH3 is 1. The second-order valence-corrected chi connectivity index (χ2v) is 4.62. The second kappa shape index (κ2) is 5.23. The molecular weight excluding hydrogens is 285 g/mol. The molecule has 0 aliphatic carbocycles. The summed E-state index contributed by atoms with van der Waals surface area (Å²) in [4.78, 5) is 16.7. The molecule has 4 nitrogen and oxygen atoms in total. The van der Waals surface area contributed by atoms with Crippen molar-refractivity contribution in [1.82, 2.24) is 9.97 Å². The molecule has 0 atom stereocenters. The van der Waals surface area contributed by atoms with Crippen LogP contribution in [0.4, 0.5) is 13.2 Å². The van der Waals surface area contributed by atoms with Crippen LogP contribution in [0, 0.1) is 13.8 Å². The SMILES string of the molecule is COc1cc(C)c(-c2cc(C(F)(F)F)[nH]c(=O)n2)cc1C. The Balaban J connectivity index is 2.65. The largest absolute Gasteiger partial charge is 0.496 e. The standard InChI is InChI=1S/C14H13F3N2O2/c1-7-5-11(21-3)8(2)4-9(7)10-6-12(14(15,16)17)19-13(20)18-10/h4-6H,1-3H3,(H,18,19,20). The Labute approximate surface area is 118 Å². The number of ether oxygens (including phenoxy) is 1. The first kappa shape index (κ1) is 15.1. The van der Waals surface area contributed by atoms with Crippen LogP contribution < -0.4 is 10.4 Å². The van der Waals surface area contributed by atoms with E-state index in [0.29, 0.717) is 16.9 Å². The van der Waals surface area contributed by atoms with Crippen LogP contribution in [-0.4, -0.2) is 17.1 Å². The molecule has 0 fully saturated rings. The van der Waals surface area contributed by atoms with Crippen LogP contribution in [-0.2, 0) is 6.18 Å². The fourth-order valence-electron chi connectivity index (χ4n) is 2.03. The maximum atomic E-state index is 12.7. The highest BCUT2D eigenvalue weighted by atomic mass is 19.4. The average molecular weight is 298 g/mol. The van der Waals surface area contributed by atoms with Gasteiger partial charge in [0.15, 0.2) is 0 Å². The predicted molar refractivity (Wildman–Crippen MR) is 71.3 cm³/mol. The summed E-state index contributed by atoms with van der Waals surface area (Å²) in [6, 6.07) is 4.17. The predicted octanol–water partition coefficient (Wildman–Crippen LogP) is 3.08. The molecule has 2 aromatic rings. The Morgan fingerprint density at radius 3 is 2.38 bits per heavy atom. The fraction of sp³-hybridized carbons (Fsp3) is 0.286. The highest BCUT2D eigenvalue weighted by Gasteiger charge is 2.32. The van der Waals surface area contributed by atoms with Gasteiger partial charge in [0.25, 0.3) is 0 Å². The molecule has 1 heterocycles. The third-order valence-corrected chi connectivity index (χ3v) is 3.07. The summed E-state index contributed by atoms with van der Waals surface area (Å²) in [6.07, 6.45) is -4.63. The van der Waals surface area contributed by atoms with Crippen LogP contribution in [0.15, 0.2) is 23.0 Å². The summed E-state index contributed by atoms with van der Waals surface area (Å²) < 4.78 is 43.4. The molecule has 0 spiro atoms. The van der Waals surface area contributed by atoms with E-state index >= 15 is 0 Å². The van der Waals surface area contributed by atoms with Crippen molar-refractivity contribution in [2.24, 2.45) is 0 Å². The minimum atomic E-state index is -4.63. The summed E-state index contributed by atoms with van der Waals surface area (Å²) in [5.74, 6) is 0.622. The van der Waals surface area contributed by atoms with Crippen molar-refractivity contribution in [3.63, 3.8) is 0 Å². The number of nitrogens with zero attached hydrogens (tertiary/aromatic N) is 1. The molecule has 1 N–H and O–H groups in total. The van der Waals surface area contributed by atoms with Gasteiger partial charge in [-0.1, -0.05) is 0 Å². The van der Waals surface area contributed by atoms with Crippen molar-refractivity contribution in [3.05, 3.63) is 45.5 Å². The molecule has 0 aliphatic rings. The van der Waals surface area contributed by atoms with Gasteiger partial charge in [0, 0.05) is 5.56 Å². The van der Waals surface area contributed by atoms with Gasteiger partial charge < -0.3 is 9.72 Å². The lowest BCUT2D eigenvalue weighted by molar-refractivity contribution is -0.141. The van der Waals surface area contributed by atoms with Gasteiger partial charge >= 0.3 is 11.9 Å². The van der Waals surface area contributed by atoms with Gasteiger partial charge in [-0.15, -0.1) is 0 Å². The van der Waals surface area contributed by atoms with Crippen LogP contribution in [0.2, 0.25) is 0 Å². The van der Waals surface area contributed by atoms with Crippen LogP contribution in [0.3, 0.4) is 0 Å². The Kier molecular flexibility index (Phi) is 3.76. The minimum Gasteiger partial charge on any atom is -0.496 e.